The van der Waals surface area contributed by atoms with E-state index in [9.17, 15) is 4.79 Å². The quantitative estimate of drug-likeness (QED) is 0.664. The van der Waals surface area contributed by atoms with Crippen LogP contribution in [-0.2, 0) is 0 Å². The Morgan fingerprint density at radius 1 is 1.24 bits per heavy atom. The summed E-state index contributed by atoms with van der Waals surface area (Å²) in [5.41, 5.74) is 1.48. The molecule has 1 aromatic carbocycles. The van der Waals surface area contributed by atoms with Crippen LogP contribution in [0.2, 0.25) is 5.15 Å². The van der Waals surface area contributed by atoms with Gasteiger partial charge in [0.05, 0.1) is 0 Å². The molecule has 0 saturated carbocycles. The molecule has 0 bridgehead atoms. The summed E-state index contributed by atoms with van der Waals surface area (Å²) >= 11 is 5.79. The zero-order chi connectivity index (χ0) is 12.3. The van der Waals surface area contributed by atoms with Gasteiger partial charge in [0.25, 0.3) is 0 Å². The van der Waals surface area contributed by atoms with Crippen LogP contribution < -0.4 is 5.32 Å². The van der Waals surface area contributed by atoms with Crippen molar-refractivity contribution in [2.24, 2.45) is 0 Å². The Kier molecular flexibility index (Phi) is 3.40. The Morgan fingerprint density at radius 3 is 2.71 bits per heavy atom. The van der Waals surface area contributed by atoms with Gasteiger partial charge in [-0.1, -0.05) is 29.8 Å². The largest absolute Gasteiger partial charge is 0.340 e. The van der Waals surface area contributed by atoms with Gasteiger partial charge in [0, 0.05) is 11.3 Å². The SMILES string of the molecule is CC(=O)c1cccc(Nc2cccc(Cl)n2)c1. The molecule has 0 atom stereocenters. The summed E-state index contributed by atoms with van der Waals surface area (Å²) in [4.78, 5) is 15.4. The van der Waals surface area contributed by atoms with Gasteiger partial charge in [0.2, 0.25) is 0 Å². The number of rotatable bonds is 3. The highest BCUT2D eigenvalue weighted by molar-refractivity contribution is 6.29. The average Bonchev–Trinajstić information content (AvgIpc) is 2.29. The van der Waals surface area contributed by atoms with Gasteiger partial charge < -0.3 is 5.32 Å². The molecule has 1 aromatic heterocycles. The summed E-state index contributed by atoms with van der Waals surface area (Å²) < 4.78 is 0. The molecule has 0 radical (unpaired) electrons. The number of carbonyl (C=O) groups is 1. The molecule has 2 aromatic rings. The highest BCUT2D eigenvalue weighted by Crippen LogP contribution is 2.17. The number of hydrogen-bond acceptors (Lipinski definition) is 3. The van der Waals surface area contributed by atoms with Crippen LogP contribution >= 0.6 is 11.6 Å². The lowest BCUT2D eigenvalue weighted by atomic mass is 10.1. The molecule has 17 heavy (non-hydrogen) atoms. The third-order valence-corrected chi connectivity index (χ3v) is 2.47. The van der Waals surface area contributed by atoms with Gasteiger partial charge in [-0.15, -0.1) is 0 Å². The predicted molar refractivity (Wildman–Crippen MR) is 69.0 cm³/mol. The van der Waals surface area contributed by atoms with E-state index in [4.69, 9.17) is 11.6 Å². The van der Waals surface area contributed by atoms with E-state index in [0.29, 0.717) is 16.5 Å². The molecular weight excluding hydrogens is 236 g/mol. The predicted octanol–water partition coefficient (Wildman–Crippen LogP) is 3.68. The van der Waals surface area contributed by atoms with Crippen LogP contribution in [0.4, 0.5) is 11.5 Å². The lowest BCUT2D eigenvalue weighted by molar-refractivity contribution is 0.101. The molecule has 0 aliphatic rings. The molecule has 0 amide bonds. The Morgan fingerprint density at radius 2 is 2.00 bits per heavy atom. The van der Waals surface area contributed by atoms with Crippen LogP contribution in [0, 0.1) is 0 Å². The number of pyridine rings is 1. The minimum Gasteiger partial charge on any atom is -0.340 e. The summed E-state index contributed by atoms with van der Waals surface area (Å²) in [5, 5.41) is 3.52. The number of halogens is 1. The van der Waals surface area contributed by atoms with Crippen molar-refractivity contribution in [2.75, 3.05) is 5.32 Å². The van der Waals surface area contributed by atoms with Crippen molar-refractivity contribution in [1.82, 2.24) is 4.98 Å². The Balaban J connectivity index is 2.24. The molecule has 0 aliphatic heterocycles. The minimum atomic E-state index is 0.0349. The lowest BCUT2D eigenvalue weighted by Gasteiger charge is -2.06. The molecule has 0 spiro atoms. The number of aromatic nitrogens is 1. The molecule has 1 N–H and O–H groups in total. The van der Waals surface area contributed by atoms with Gasteiger partial charge >= 0.3 is 0 Å². The number of nitrogens with one attached hydrogen (secondary N) is 1. The maximum Gasteiger partial charge on any atom is 0.159 e. The standard InChI is InChI=1S/C13H11ClN2O/c1-9(17)10-4-2-5-11(8-10)15-13-7-3-6-12(14)16-13/h2-8H,1H3,(H,15,16). The van der Waals surface area contributed by atoms with E-state index in [1.165, 1.54) is 6.92 Å². The first-order chi connectivity index (χ1) is 8.15. The second kappa shape index (κ2) is 4.97. The molecule has 0 saturated heterocycles. The number of ketones is 1. The maximum atomic E-state index is 11.2. The molecule has 0 unspecified atom stereocenters. The normalized spacial score (nSPS) is 10.0. The molecule has 3 nitrogen and oxygen atoms in total. The van der Waals surface area contributed by atoms with Crippen LogP contribution in [0.5, 0.6) is 0 Å². The first-order valence-electron chi connectivity index (χ1n) is 5.16. The smallest absolute Gasteiger partial charge is 0.159 e. The Hall–Kier alpha value is -1.87. The highest BCUT2D eigenvalue weighted by Gasteiger charge is 2.01. The molecule has 0 fully saturated rings. The molecule has 4 heteroatoms. The number of anilines is 2. The fourth-order valence-electron chi connectivity index (χ4n) is 1.44. The fourth-order valence-corrected chi connectivity index (χ4v) is 1.61. The number of carbonyl (C=O) groups excluding carboxylic acids is 1. The third-order valence-electron chi connectivity index (χ3n) is 2.26. The number of benzene rings is 1. The molecule has 2 rings (SSSR count). The monoisotopic (exact) mass is 246 g/mol. The van der Waals surface area contributed by atoms with Crippen molar-refractivity contribution in [3.8, 4) is 0 Å². The van der Waals surface area contributed by atoms with Gasteiger partial charge in [-0.3, -0.25) is 4.79 Å². The van der Waals surface area contributed by atoms with E-state index in [1.54, 1.807) is 18.2 Å². The molecular formula is C13H11ClN2O. The van der Waals surface area contributed by atoms with E-state index >= 15 is 0 Å². The fraction of sp³-hybridized carbons (Fsp3) is 0.0769. The third kappa shape index (κ3) is 3.04. The summed E-state index contributed by atoms with van der Waals surface area (Å²) in [6, 6.07) is 12.6. The van der Waals surface area contributed by atoms with Gasteiger partial charge in [-0.05, 0) is 31.2 Å². The van der Waals surface area contributed by atoms with Crippen LogP contribution in [0.1, 0.15) is 17.3 Å². The first-order valence-corrected chi connectivity index (χ1v) is 5.53. The Bertz CT molecular complexity index is 555. The summed E-state index contributed by atoms with van der Waals surface area (Å²) in [7, 11) is 0. The van der Waals surface area contributed by atoms with Crippen molar-refractivity contribution in [3.63, 3.8) is 0 Å². The Labute approximate surface area is 104 Å². The maximum absolute atomic E-state index is 11.2. The number of hydrogen-bond donors (Lipinski definition) is 1. The van der Waals surface area contributed by atoms with Gasteiger partial charge in [0.15, 0.2) is 5.78 Å². The second-order valence-corrected chi connectivity index (χ2v) is 3.99. The number of nitrogens with zero attached hydrogens (tertiary/aromatic N) is 1. The molecule has 1 heterocycles. The van der Waals surface area contributed by atoms with Gasteiger partial charge in [0.1, 0.15) is 11.0 Å². The highest BCUT2D eigenvalue weighted by atomic mass is 35.5. The van der Waals surface area contributed by atoms with Crippen LogP contribution in [0.25, 0.3) is 0 Å². The van der Waals surface area contributed by atoms with Crippen molar-refractivity contribution in [1.29, 1.82) is 0 Å². The van der Waals surface area contributed by atoms with E-state index in [2.05, 4.69) is 10.3 Å². The summed E-state index contributed by atoms with van der Waals surface area (Å²) in [6.45, 7) is 1.54. The first kappa shape index (κ1) is 11.6. The van der Waals surface area contributed by atoms with Gasteiger partial charge in [-0.25, -0.2) is 4.98 Å². The lowest BCUT2D eigenvalue weighted by Crippen LogP contribution is -1.96. The van der Waals surface area contributed by atoms with Crippen LogP contribution in [-0.4, -0.2) is 10.8 Å². The second-order valence-electron chi connectivity index (χ2n) is 3.61. The molecule has 0 aliphatic carbocycles. The average molecular weight is 247 g/mol. The van der Waals surface area contributed by atoms with Crippen LogP contribution in [0.15, 0.2) is 42.5 Å². The van der Waals surface area contributed by atoms with E-state index in [0.717, 1.165) is 5.69 Å². The minimum absolute atomic E-state index is 0.0349. The number of Topliss-reactive ketones (excluding diaryl/α,β-unsaturated/α-hetero) is 1. The van der Waals surface area contributed by atoms with Crippen molar-refractivity contribution >= 4 is 28.9 Å². The van der Waals surface area contributed by atoms with Gasteiger partial charge in [-0.2, -0.15) is 0 Å². The van der Waals surface area contributed by atoms with Crippen molar-refractivity contribution in [2.45, 2.75) is 6.92 Å². The van der Waals surface area contributed by atoms with E-state index in [1.807, 2.05) is 24.3 Å². The summed E-state index contributed by atoms with van der Waals surface area (Å²) in [6.07, 6.45) is 0. The van der Waals surface area contributed by atoms with E-state index in [-0.39, 0.29) is 5.78 Å². The van der Waals surface area contributed by atoms with Crippen molar-refractivity contribution in [3.05, 3.63) is 53.2 Å². The topological polar surface area (TPSA) is 42.0 Å². The molecule has 86 valence electrons. The zero-order valence-corrected chi connectivity index (χ0v) is 10.0. The zero-order valence-electron chi connectivity index (χ0n) is 9.27. The van der Waals surface area contributed by atoms with Crippen LogP contribution in [0.3, 0.4) is 0 Å². The summed E-state index contributed by atoms with van der Waals surface area (Å²) in [5.74, 6) is 0.686. The van der Waals surface area contributed by atoms with E-state index < -0.39 is 0 Å². The van der Waals surface area contributed by atoms with Crippen molar-refractivity contribution < 1.29 is 4.79 Å².